The molecule has 0 N–H and O–H groups in total. The molecule has 0 aliphatic heterocycles. The molecule has 0 amide bonds. The molecule has 14 heavy (non-hydrogen) atoms. The Hall–Kier alpha value is -1.00. The molecule has 0 rings (SSSR count). The Bertz CT molecular complexity index is 197. The summed E-state index contributed by atoms with van der Waals surface area (Å²) in [5.74, 6) is 0.500. The molecule has 0 saturated heterocycles. The van der Waals surface area contributed by atoms with E-state index in [0.717, 1.165) is 6.42 Å². The van der Waals surface area contributed by atoms with E-state index in [1.54, 1.807) is 0 Å². The first kappa shape index (κ1) is 13.0. The van der Waals surface area contributed by atoms with E-state index < -0.39 is 0 Å². The van der Waals surface area contributed by atoms with E-state index in [2.05, 4.69) is 19.1 Å². The summed E-state index contributed by atoms with van der Waals surface area (Å²) in [6.07, 6.45) is 0.867. The van der Waals surface area contributed by atoms with Crippen LogP contribution in [0.4, 0.5) is 0 Å². The van der Waals surface area contributed by atoms with Crippen LogP contribution in [0, 0.1) is 16.3 Å². The van der Waals surface area contributed by atoms with Gasteiger partial charge in [0.05, 0.1) is 12.1 Å². The zero-order chi connectivity index (χ0) is 11.4. The molecule has 0 spiro atoms. The van der Waals surface area contributed by atoms with Gasteiger partial charge in [-0.05, 0) is 38.4 Å². The molecule has 84 valence electrons. The topological polar surface area (TPSA) is 64.7 Å². The van der Waals surface area contributed by atoms with E-state index >= 15 is 0 Å². The molecule has 0 heterocycles. The predicted molar refractivity (Wildman–Crippen MR) is 55.3 cm³/mol. The van der Waals surface area contributed by atoms with Crippen molar-refractivity contribution in [1.82, 2.24) is 5.01 Å². The predicted octanol–water partition coefficient (Wildman–Crippen LogP) is 2.51. The van der Waals surface area contributed by atoms with Gasteiger partial charge < -0.3 is 10.4 Å². The summed E-state index contributed by atoms with van der Waals surface area (Å²) < 4.78 is 0. The van der Waals surface area contributed by atoms with Crippen molar-refractivity contribution in [2.75, 3.05) is 6.54 Å². The molecule has 0 aromatic carbocycles. The Morgan fingerprint density at radius 1 is 1.36 bits per heavy atom. The first-order valence-corrected chi connectivity index (χ1v) is 4.87. The first-order valence-electron chi connectivity index (χ1n) is 4.87. The summed E-state index contributed by atoms with van der Waals surface area (Å²) >= 11 is 0. The second kappa shape index (κ2) is 5.02. The van der Waals surface area contributed by atoms with Crippen LogP contribution in [0.3, 0.4) is 0 Å². The lowest BCUT2D eigenvalue weighted by Crippen LogP contribution is -2.46. The number of rotatable bonds is 4. The number of hydrogen-bond acceptors (Lipinski definition) is 3. The average Bonchev–Trinajstić information content (AvgIpc) is 2.01. The van der Waals surface area contributed by atoms with Gasteiger partial charge in [0.25, 0.3) is 0 Å². The van der Waals surface area contributed by atoms with Gasteiger partial charge >= 0.3 is 0 Å². The Balaban J connectivity index is 4.43. The van der Waals surface area contributed by atoms with Crippen LogP contribution >= 0.6 is 0 Å². The van der Waals surface area contributed by atoms with Gasteiger partial charge in [-0.3, -0.25) is 0 Å². The molecule has 0 radical (unpaired) electrons. The summed E-state index contributed by atoms with van der Waals surface area (Å²) in [7, 11) is 0. The maximum atomic E-state index is 11.1. The lowest BCUT2D eigenvalue weighted by molar-refractivity contribution is -0.706. The fraction of sp³-hybridized carbons (Fsp3) is 1.00. The third-order valence-electron chi connectivity index (χ3n) is 1.97. The zero-order valence-corrected chi connectivity index (χ0v) is 9.65. The molecule has 0 aliphatic carbocycles. The number of nitrogens with zero attached hydrogens (tertiary/aromatic N) is 3. The SMILES string of the molecule is CC(C)CCN(/[N+]([O-])=N/[O-])C(C)(C)C. The monoisotopic (exact) mass is 202 g/mol. The van der Waals surface area contributed by atoms with Gasteiger partial charge in [-0.15, -0.1) is 5.01 Å². The third-order valence-corrected chi connectivity index (χ3v) is 1.97. The third kappa shape index (κ3) is 4.30. The summed E-state index contributed by atoms with van der Waals surface area (Å²) in [5, 5.41) is 25.1. The molecule has 0 atom stereocenters. The fourth-order valence-electron chi connectivity index (χ4n) is 1.10. The van der Waals surface area contributed by atoms with E-state index in [0.29, 0.717) is 12.5 Å². The molecular weight excluding hydrogens is 182 g/mol. The van der Waals surface area contributed by atoms with Crippen molar-refractivity contribution in [2.24, 2.45) is 11.2 Å². The maximum Gasteiger partial charge on any atom is 0.0899 e. The highest BCUT2D eigenvalue weighted by atomic mass is 16.6. The Morgan fingerprint density at radius 3 is 2.14 bits per heavy atom. The Labute approximate surface area is 85.5 Å². The lowest BCUT2D eigenvalue weighted by Gasteiger charge is -2.31. The van der Waals surface area contributed by atoms with E-state index in [9.17, 15) is 10.4 Å². The van der Waals surface area contributed by atoms with Crippen molar-refractivity contribution in [3.05, 3.63) is 10.4 Å². The summed E-state index contributed by atoms with van der Waals surface area (Å²) in [5.41, 5.74) is -0.370. The number of hydrogen-bond donors (Lipinski definition) is 0. The Morgan fingerprint density at radius 2 is 1.86 bits per heavy atom. The quantitative estimate of drug-likeness (QED) is 0.399. The fourth-order valence-corrected chi connectivity index (χ4v) is 1.10. The molecule has 5 nitrogen and oxygen atoms in total. The smallest absolute Gasteiger partial charge is 0.0899 e. The van der Waals surface area contributed by atoms with Crippen LogP contribution in [0.15, 0.2) is 5.28 Å². The van der Waals surface area contributed by atoms with Crippen LogP contribution in [-0.2, 0) is 0 Å². The van der Waals surface area contributed by atoms with Gasteiger partial charge in [-0.2, -0.15) is 0 Å². The van der Waals surface area contributed by atoms with E-state index in [4.69, 9.17) is 0 Å². The van der Waals surface area contributed by atoms with Gasteiger partial charge in [-0.25, -0.2) is 0 Å². The van der Waals surface area contributed by atoms with Crippen LogP contribution in [-0.4, -0.2) is 22.1 Å². The van der Waals surface area contributed by atoms with Crippen molar-refractivity contribution in [2.45, 2.75) is 46.6 Å². The van der Waals surface area contributed by atoms with Gasteiger partial charge in [-0.1, -0.05) is 13.8 Å². The van der Waals surface area contributed by atoms with Gasteiger partial charge in [0.15, 0.2) is 0 Å². The van der Waals surface area contributed by atoms with Gasteiger partial charge in [0.1, 0.15) is 0 Å². The van der Waals surface area contributed by atoms with E-state index in [-0.39, 0.29) is 10.5 Å². The first-order chi connectivity index (χ1) is 6.29. The van der Waals surface area contributed by atoms with E-state index in [1.165, 1.54) is 5.01 Å². The summed E-state index contributed by atoms with van der Waals surface area (Å²) in [4.78, 5) is 0.141. The minimum Gasteiger partial charge on any atom is -0.737 e. The minimum atomic E-state index is -0.370. The number of hydrazine groups is 1. The second-order valence-electron chi connectivity index (χ2n) is 4.81. The molecule has 0 bridgehead atoms. The van der Waals surface area contributed by atoms with Crippen molar-refractivity contribution in [3.63, 3.8) is 0 Å². The van der Waals surface area contributed by atoms with Gasteiger partial charge in [0.2, 0.25) is 0 Å². The van der Waals surface area contributed by atoms with Crippen LogP contribution in [0.25, 0.3) is 0 Å². The molecule has 0 aromatic heterocycles. The van der Waals surface area contributed by atoms with Crippen molar-refractivity contribution >= 4 is 0 Å². The largest absolute Gasteiger partial charge is 0.737 e. The maximum absolute atomic E-state index is 11.1. The zero-order valence-electron chi connectivity index (χ0n) is 9.65. The Kier molecular flexibility index (Phi) is 4.67. The molecule has 0 fully saturated rings. The minimum absolute atomic E-state index is 0.141. The van der Waals surface area contributed by atoms with Gasteiger partial charge in [0, 0.05) is 4.97 Å². The van der Waals surface area contributed by atoms with Crippen molar-refractivity contribution in [1.29, 1.82) is 0 Å². The van der Waals surface area contributed by atoms with Crippen LogP contribution < -0.4 is 0 Å². The second-order valence-corrected chi connectivity index (χ2v) is 4.81. The average molecular weight is 202 g/mol. The van der Waals surface area contributed by atoms with Crippen molar-refractivity contribution in [3.8, 4) is 0 Å². The molecule has 5 heteroatoms. The molecular formula is C9H20N3O2-. The van der Waals surface area contributed by atoms with E-state index in [1.807, 2.05) is 20.8 Å². The molecule has 0 saturated carbocycles. The molecule has 0 aliphatic rings. The van der Waals surface area contributed by atoms with Crippen molar-refractivity contribution < 1.29 is 4.97 Å². The highest BCUT2D eigenvalue weighted by Crippen LogP contribution is 2.15. The standard InChI is InChI=1S/C9H21N3O2/c1-8(2)6-7-11(9(3,4)5)12(14)10-13/h8,13H,6-7H2,1-5H3/p-1/b12-10-. The highest BCUT2D eigenvalue weighted by molar-refractivity contribution is 4.69. The lowest BCUT2D eigenvalue weighted by atomic mass is 10.1. The van der Waals surface area contributed by atoms with Crippen LogP contribution in [0.5, 0.6) is 0 Å². The molecule has 0 aromatic rings. The normalized spacial score (nSPS) is 13.4. The highest BCUT2D eigenvalue weighted by Gasteiger charge is 2.27. The van der Waals surface area contributed by atoms with Crippen LogP contribution in [0.2, 0.25) is 0 Å². The molecule has 0 unspecified atom stereocenters. The van der Waals surface area contributed by atoms with Crippen LogP contribution in [0.1, 0.15) is 41.0 Å². The summed E-state index contributed by atoms with van der Waals surface area (Å²) in [6, 6.07) is 0. The summed E-state index contributed by atoms with van der Waals surface area (Å²) in [6.45, 7) is 10.3.